The molecular weight excluding hydrogens is 292 g/mol. The Morgan fingerprint density at radius 2 is 2.19 bits per heavy atom. The van der Waals surface area contributed by atoms with Gasteiger partial charge in [-0.3, -0.25) is 0 Å². The van der Waals surface area contributed by atoms with Crippen molar-refractivity contribution in [3.05, 3.63) is 23.8 Å². The fourth-order valence-corrected chi connectivity index (χ4v) is 3.59. The van der Waals surface area contributed by atoms with E-state index in [-0.39, 0.29) is 18.4 Å². The topological polar surface area (TPSA) is 90.7 Å². The minimum absolute atomic E-state index is 0.0705. The zero-order valence-electron chi connectivity index (χ0n) is 12.5. The number of anilines is 1. The molecule has 0 amide bonds. The monoisotopic (exact) mass is 314 g/mol. The van der Waals surface area contributed by atoms with Gasteiger partial charge in [0.15, 0.2) is 0 Å². The summed E-state index contributed by atoms with van der Waals surface area (Å²) in [6.45, 7) is 4.03. The number of rotatable bonds is 5. The predicted octanol–water partition coefficient (Wildman–Crippen LogP) is 1.44. The number of hydrogen-bond acceptors (Lipinski definition) is 5. The molecular formula is C14H22N2O4S. The van der Waals surface area contributed by atoms with Gasteiger partial charge in [0.2, 0.25) is 10.0 Å². The van der Waals surface area contributed by atoms with Crippen LogP contribution in [-0.2, 0) is 14.8 Å². The molecule has 0 bridgehead atoms. The van der Waals surface area contributed by atoms with Crippen molar-refractivity contribution >= 4 is 15.7 Å². The van der Waals surface area contributed by atoms with Gasteiger partial charge in [-0.1, -0.05) is 0 Å². The standard InChI is InChI=1S/C14H22N2O4S/c1-14(2)9-12(16-21(17,18)7-6-19-3)11-8-10(15)4-5-13(11)20-14/h4-5,8,12,16H,6-7,9,15H2,1-3H3. The molecule has 0 aliphatic carbocycles. The highest BCUT2D eigenvalue weighted by Crippen LogP contribution is 2.40. The molecule has 1 aromatic rings. The summed E-state index contributed by atoms with van der Waals surface area (Å²) in [4.78, 5) is 0. The van der Waals surface area contributed by atoms with Gasteiger partial charge in [0.25, 0.3) is 0 Å². The van der Waals surface area contributed by atoms with Crippen LogP contribution in [-0.4, -0.2) is 33.5 Å². The van der Waals surface area contributed by atoms with E-state index in [1.165, 1.54) is 7.11 Å². The second kappa shape index (κ2) is 5.82. The summed E-state index contributed by atoms with van der Waals surface area (Å²) in [6.07, 6.45) is 0.537. The lowest BCUT2D eigenvalue weighted by Crippen LogP contribution is -2.42. The summed E-state index contributed by atoms with van der Waals surface area (Å²) in [7, 11) is -1.95. The minimum atomic E-state index is -3.42. The summed E-state index contributed by atoms with van der Waals surface area (Å²) in [5, 5.41) is 0. The van der Waals surface area contributed by atoms with E-state index in [2.05, 4.69) is 4.72 Å². The first kappa shape index (κ1) is 16.1. The van der Waals surface area contributed by atoms with E-state index in [0.29, 0.717) is 17.9 Å². The SMILES string of the molecule is COCCS(=O)(=O)NC1CC(C)(C)Oc2ccc(N)cc21. The maximum absolute atomic E-state index is 12.1. The molecule has 0 saturated carbocycles. The number of nitrogen functional groups attached to an aromatic ring is 1. The van der Waals surface area contributed by atoms with Crippen molar-refractivity contribution in [2.45, 2.75) is 31.9 Å². The van der Waals surface area contributed by atoms with Gasteiger partial charge >= 0.3 is 0 Å². The maximum Gasteiger partial charge on any atom is 0.214 e. The summed E-state index contributed by atoms with van der Waals surface area (Å²) in [5.41, 5.74) is 6.71. The fourth-order valence-electron chi connectivity index (χ4n) is 2.45. The van der Waals surface area contributed by atoms with Crippen LogP contribution in [0.5, 0.6) is 5.75 Å². The average molecular weight is 314 g/mol. The lowest BCUT2D eigenvalue weighted by Gasteiger charge is -2.37. The third-order valence-corrected chi connectivity index (χ3v) is 4.72. The van der Waals surface area contributed by atoms with Crippen molar-refractivity contribution in [1.82, 2.24) is 4.72 Å². The number of methoxy groups -OCH3 is 1. The van der Waals surface area contributed by atoms with Crippen LogP contribution in [0.4, 0.5) is 5.69 Å². The van der Waals surface area contributed by atoms with Crippen LogP contribution < -0.4 is 15.2 Å². The quantitative estimate of drug-likeness (QED) is 0.803. The highest BCUT2D eigenvalue weighted by molar-refractivity contribution is 7.89. The molecule has 0 radical (unpaired) electrons. The molecule has 0 fully saturated rings. The largest absolute Gasteiger partial charge is 0.487 e. The molecule has 118 valence electrons. The number of nitrogens with two attached hydrogens (primary N) is 1. The molecule has 6 nitrogen and oxygen atoms in total. The third kappa shape index (κ3) is 4.09. The Hall–Kier alpha value is -1.31. The summed E-state index contributed by atoms with van der Waals surface area (Å²) in [5.74, 6) is 0.596. The van der Waals surface area contributed by atoms with Gasteiger partial charge in [0.1, 0.15) is 11.4 Å². The molecule has 3 N–H and O–H groups in total. The Balaban J connectivity index is 2.29. The molecule has 1 unspecified atom stereocenters. The molecule has 1 aromatic carbocycles. The smallest absolute Gasteiger partial charge is 0.214 e. The minimum Gasteiger partial charge on any atom is -0.487 e. The number of ether oxygens (including phenoxy) is 2. The van der Waals surface area contributed by atoms with Crippen LogP contribution >= 0.6 is 0 Å². The Labute approximate surface area is 125 Å². The van der Waals surface area contributed by atoms with Crippen molar-refractivity contribution in [3.63, 3.8) is 0 Å². The number of sulfonamides is 1. The van der Waals surface area contributed by atoms with Gasteiger partial charge in [-0.05, 0) is 32.0 Å². The van der Waals surface area contributed by atoms with Gasteiger partial charge in [-0.2, -0.15) is 0 Å². The van der Waals surface area contributed by atoms with E-state index in [0.717, 1.165) is 5.56 Å². The number of nitrogens with one attached hydrogen (secondary N) is 1. The van der Waals surface area contributed by atoms with E-state index in [1.807, 2.05) is 13.8 Å². The van der Waals surface area contributed by atoms with E-state index >= 15 is 0 Å². The third-order valence-electron chi connectivity index (χ3n) is 3.37. The second-order valence-corrected chi connectivity index (χ2v) is 7.72. The Bertz CT molecular complexity index is 613. The summed E-state index contributed by atoms with van der Waals surface area (Å²) < 4.78 is 37.6. The maximum atomic E-state index is 12.1. The van der Waals surface area contributed by atoms with Crippen LogP contribution in [0.3, 0.4) is 0 Å². The predicted molar refractivity (Wildman–Crippen MR) is 81.7 cm³/mol. The molecule has 1 atom stereocenters. The molecule has 2 rings (SSSR count). The molecule has 1 aliphatic heterocycles. The Morgan fingerprint density at radius 1 is 1.48 bits per heavy atom. The van der Waals surface area contributed by atoms with Crippen LogP contribution in [0, 0.1) is 0 Å². The summed E-state index contributed by atoms with van der Waals surface area (Å²) >= 11 is 0. The second-order valence-electron chi connectivity index (χ2n) is 5.85. The van der Waals surface area contributed by atoms with Gasteiger partial charge in [-0.25, -0.2) is 13.1 Å². The molecule has 0 saturated heterocycles. The molecule has 0 aromatic heterocycles. The average Bonchev–Trinajstić information content (AvgIpc) is 2.36. The van der Waals surface area contributed by atoms with Gasteiger partial charge in [-0.15, -0.1) is 0 Å². The van der Waals surface area contributed by atoms with E-state index in [9.17, 15) is 8.42 Å². The van der Waals surface area contributed by atoms with Crippen LogP contribution in [0.2, 0.25) is 0 Å². The molecule has 1 aliphatic rings. The van der Waals surface area contributed by atoms with Crippen molar-refractivity contribution in [1.29, 1.82) is 0 Å². The molecule has 1 heterocycles. The first-order valence-corrected chi connectivity index (χ1v) is 8.45. The Morgan fingerprint density at radius 3 is 2.86 bits per heavy atom. The van der Waals surface area contributed by atoms with E-state index < -0.39 is 15.6 Å². The first-order chi connectivity index (χ1) is 9.72. The number of hydrogen-bond donors (Lipinski definition) is 2. The molecule has 7 heteroatoms. The number of benzene rings is 1. The van der Waals surface area contributed by atoms with Gasteiger partial charge < -0.3 is 15.2 Å². The van der Waals surface area contributed by atoms with Gasteiger partial charge in [0, 0.05) is 24.8 Å². The Kier molecular flexibility index (Phi) is 4.46. The highest BCUT2D eigenvalue weighted by atomic mass is 32.2. The number of fused-ring (bicyclic) bond motifs is 1. The van der Waals surface area contributed by atoms with E-state index in [1.54, 1.807) is 18.2 Å². The van der Waals surface area contributed by atoms with Gasteiger partial charge in [0.05, 0.1) is 18.4 Å². The van der Waals surface area contributed by atoms with Crippen molar-refractivity contribution in [2.75, 3.05) is 25.2 Å². The van der Waals surface area contributed by atoms with Crippen molar-refractivity contribution in [3.8, 4) is 5.75 Å². The molecule has 21 heavy (non-hydrogen) atoms. The van der Waals surface area contributed by atoms with Crippen LogP contribution in [0.15, 0.2) is 18.2 Å². The normalized spacial score (nSPS) is 20.6. The lowest BCUT2D eigenvalue weighted by atomic mass is 9.90. The summed E-state index contributed by atoms with van der Waals surface area (Å²) in [6, 6.07) is 4.93. The van der Waals surface area contributed by atoms with E-state index in [4.69, 9.17) is 15.2 Å². The first-order valence-electron chi connectivity index (χ1n) is 6.80. The zero-order valence-corrected chi connectivity index (χ0v) is 13.4. The highest BCUT2D eigenvalue weighted by Gasteiger charge is 2.35. The van der Waals surface area contributed by atoms with Crippen molar-refractivity contribution in [2.24, 2.45) is 0 Å². The van der Waals surface area contributed by atoms with Crippen LogP contribution in [0.1, 0.15) is 31.9 Å². The molecule has 0 spiro atoms. The fraction of sp³-hybridized carbons (Fsp3) is 0.571. The lowest BCUT2D eigenvalue weighted by molar-refractivity contribution is 0.0702. The zero-order chi connectivity index (χ0) is 15.7. The van der Waals surface area contributed by atoms with Crippen LogP contribution in [0.25, 0.3) is 0 Å². The van der Waals surface area contributed by atoms with Crippen molar-refractivity contribution < 1.29 is 17.9 Å².